The van der Waals surface area contributed by atoms with Gasteiger partial charge in [-0.05, 0) is 0 Å². The highest BCUT2D eigenvalue weighted by atomic mass is 16.4. The number of aliphatic hydroxyl groups is 10. The molecule has 15 heteroatoms. The average molecular weight is 459 g/mol. The van der Waals surface area contributed by atoms with Crippen LogP contribution < -0.4 is 16.0 Å². The molecule has 0 aromatic heterocycles. The lowest BCUT2D eigenvalue weighted by Crippen LogP contribution is -2.52. The van der Waals surface area contributed by atoms with Gasteiger partial charge in [-0.25, -0.2) is 0 Å². The predicted molar refractivity (Wildman–Crippen MR) is 101 cm³/mol. The molecule has 31 heavy (non-hydrogen) atoms. The zero-order valence-corrected chi connectivity index (χ0v) is 16.7. The molecule has 0 aromatic rings. The van der Waals surface area contributed by atoms with Crippen molar-refractivity contribution in [2.24, 2.45) is 0 Å². The van der Waals surface area contributed by atoms with Crippen LogP contribution in [0.5, 0.6) is 0 Å². The van der Waals surface area contributed by atoms with Gasteiger partial charge in [0.25, 0.3) is 11.8 Å². The first-order valence-corrected chi connectivity index (χ1v) is 9.41. The molecule has 0 saturated carbocycles. The van der Waals surface area contributed by atoms with Crippen molar-refractivity contribution in [2.45, 2.75) is 48.8 Å². The topological polar surface area (TPSA) is 273 Å². The molecule has 0 aliphatic carbocycles. The molecule has 8 atom stereocenters. The Kier molecular flexibility index (Phi) is 14.6. The summed E-state index contributed by atoms with van der Waals surface area (Å²) in [6.45, 7) is -1.51. The molecule has 0 heterocycles. The maximum atomic E-state index is 11.7. The van der Waals surface area contributed by atoms with Gasteiger partial charge in [-0.2, -0.15) is 0 Å². The van der Waals surface area contributed by atoms with E-state index in [9.17, 15) is 50.4 Å². The van der Waals surface area contributed by atoms with Crippen LogP contribution in [0.1, 0.15) is 0 Å². The summed E-state index contributed by atoms with van der Waals surface area (Å²) in [5, 5.41) is 100. The highest BCUT2D eigenvalue weighted by Crippen LogP contribution is 2.06. The van der Waals surface area contributed by atoms with E-state index < -0.39 is 73.9 Å². The maximum absolute atomic E-state index is 11.7. The first-order chi connectivity index (χ1) is 14.5. The van der Waals surface area contributed by atoms with Gasteiger partial charge in [-0.1, -0.05) is 0 Å². The van der Waals surface area contributed by atoms with Gasteiger partial charge in [0.15, 0.2) is 12.2 Å². The van der Waals surface area contributed by atoms with Crippen molar-refractivity contribution < 1.29 is 60.7 Å². The molecular formula is C16H33N3O12. The third-order valence-electron chi connectivity index (χ3n) is 4.25. The van der Waals surface area contributed by atoms with Crippen LogP contribution in [0, 0.1) is 0 Å². The van der Waals surface area contributed by atoms with E-state index in [0.717, 1.165) is 0 Å². The molecule has 0 saturated heterocycles. The standard InChI is InChI=1S/C16H33N3O12/c20-5-7(22)9(24)11(26)13(28)15(30)18-3-1-17-2-4-19-16(31)14(29)12(27)10(25)8(23)6-21/h7-14,17,20-29H,1-6H2,(H,18,30)(H,19,31). The van der Waals surface area contributed by atoms with Crippen molar-refractivity contribution in [2.75, 3.05) is 39.4 Å². The summed E-state index contributed by atoms with van der Waals surface area (Å²) >= 11 is 0. The monoisotopic (exact) mass is 459 g/mol. The van der Waals surface area contributed by atoms with Gasteiger partial charge in [0, 0.05) is 26.2 Å². The van der Waals surface area contributed by atoms with Crippen molar-refractivity contribution in [3.8, 4) is 0 Å². The van der Waals surface area contributed by atoms with Crippen molar-refractivity contribution in [3.63, 3.8) is 0 Å². The Morgan fingerprint density at radius 3 is 1.16 bits per heavy atom. The van der Waals surface area contributed by atoms with Crippen molar-refractivity contribution in [1.29, 1.82) is 0 Å². The fraction of sp³-hybridized carbons (Fsp3) is 0.875. The molecule has 0 rings (SSSR count). The minimum absolute atomic E-state index is 0.0260. The van der Waals surface area contributed by atoms with Crippen LogP contribution in [-0.4, -0.2) is 151 Å². The van der Waals surface area contributed by atoms with E-state index in [1.54, 1.807) is 0 Å². The molecule has 184 valence electrons. The summed E-state index contributed by atoms with van der Waals surface area (Å²) in [4.78, 5) is 23.3. The van der Waals surface area contributed by atoms with Crippen LogP contribution in [0.3, 0.4) is 0 Å². The second-order valence-electron chi connectivity index (χ2n) is 6.68. The van der Waals surface area contributed by atoms with Crippen molar-refractivity contribution in [1.82, 2.24) is 16.0 Å². The fourth-order valence-corrected chi connectivity index (χ4v) is 2.24. The van der Waals surface area contributed by atoms with E-state index in [1.807, 2.05) is 0 Å². The first kappa shape index (κ1) is 29.5. The highest BCUT2D eigenvalue weighted by Gasteiger charge is 2.34. The number of hydrogen-bond acceptors (Lipinski definition) is 13. The third kappa shape index (κ3) is 10.1. The molecule has 2 amide bonds. The number of hydrogen-bond donors (Lipinski definition) is 13. The van der Waals surface area contributed by atoms with E-state index in [0.29, 0.717) is 0 Å². The zero-order chi connectivity index (χ0) is 24.1. The first-order valence-electron chi connectivity index (χ1n) is 9.41. The number of aliphatic hydroxyl groups excluding tert-OH is 10. The molecule has 0 aliphatic rings. The van der Waals surface area contributed by atoms with Gasteiger partial charge in [-0.3, -0.25) is 9.59 Å². The predicted octanol–water partition coefficient (Wildman–Crippen LogP) is -8.32. The minimum atomic E-state index is -2.05. The molecule has 0 radical (unpaired) electrons. The fourth-order valence-electron chi connectivity index (χ4n) is 2.24. The number of nitrogens with one attached hydrogen (secondary N) is 3. The van der Waals surface area contributed by atoms with Gasteiger partial charge in [0.1, 0.15) is 36.6 Å². The number of carbonyl (C=O) groups is 2. The normalized spacial score (nSPS) is 19.4. The van der Waals surface area contributed by atoms with Crippen LogP contribution >= 0.6 is 0 Å². The zero-order valence-electron chi connectivity index (χ0n) is 16.7. The van der Waals surface area contributed by atoms with E-state index in [4.69, 9.17) is 10.2 Å². The molecule has 0 spiro atoms. The van der Waals surface area contributed by atoms with Gasteiger partial charge < -0.3 is 67.0 Å². The Labute approximate surface area is 177 Å². The maximum Gasteiger partial charge on any atom is 0.251 e. The van der Waals surface area contributed by atoms with Crippen LogP contribution in [0.2, 0.25) is 0 Å². The Morgan fingerprint density at radius 1 is 0.548 bits per heavy atom. The molecule has 13 N–H and O–H groups in total. The van der Waals surface area contributed by atoms with Crippen LogP contribution in [0.4, 0.5) is 0 Å². The molecular weight excluding hydrogens is 426 g/mol. The largest absolute Gasteiger partial charge is 0.394 e. The van der Waals surface area contributed by atoms with E-state index >= 15 is 0 Å². The van der Waals surface area contributed by atoms with Crippen molar-refractivity contribution >= 4 is 11.8 Å². The van der Waals surface area contributed by atoms with Crippen LogP contribution in [0.25, 0.3) is 0 Å². The minimum Gasteiger partial charge on any atom is -0.394 e. The molecule has 0 aromatic carbocycles. The molecule has 15 nitrogen and oxygen atoms in total. The van der Waals surface area contributed by atoms with Crippen LogP contribution in [0.15, 0.2) is 0 Å². The quantitative estimate of drug-likeness (QED) is 0.0956. The summed E-state index contributed by atoms with van der Waals surface area (Å²) in [6.07, 6.45) is -15.5. The summed E-state index contributed by atoms with van der Waals surface area (Å²) in [5.41, 5.74) is 0. The van der Waals surface area contributed by atoms with Gasteiger partial charge in [0.2, 0.25) is 0 Å². The van der Waals surface area contributed by atoms with E-state index in [-0.39, 0.29) is 26.2 Å². The van der Waals surface area contributed by atoms with Gasteiger partial charge in [0.05, 0.1) is 13.2 Å². The second kappa shape index (κ2) is 15.3. The molecule has 0 aliphatic heterocycles. The number of rotatable bonds is 16. The molecule has 0 fully saturated rings. The summed E-state index contributed by atoms with van der Waals surface area (Å²) in [6, 6.07) is 0. The SMILES string of the molecule is O=C(NCCNCCNC(=O)C(O)C(O)C(O)C(O)CO)C(O)C(O)C(O)C(O)CO. The second-order valence-corrected chi connectivity index (χ2v) is 6.68. The van der Waals surface area contributed by atoms with E-state index in [1.165, 1.54) is 0 Å². The lowest BCUT2D eigenvalue weighted by atomic mass is 10.0. The van der Waals surface area contributed by atoms with Crippen LogP contribution in [-0.2, 0) is 9.59 Å². The Bertz CT molecular complexity index is 484. The summed E-state index contributed by atoms with van der Waals surface area (Å²) in [5.74, 6) is -2.07. The third-order valence-corrected chi connectivity index (χ3v) is 4.25. The Hall–Kier alpha value is -1.50. The highest BCUT2D eigenvalue weighted by molar-refractivity contribution is 5.81. The van der Waals surface area contributed by atoms with Gasteiger partial charge >= 0.3 is 0 Å². The number of carbonyl (C=O) groups excluding carboxylic acids is 2. The van der Waals surface area contributed by atoms with E-state index in [2.05, 4.69) is 16.0 Å². The van der Waals surface area contributed by atoms with Gasteiger partial charge in [-0.15, -0.1) is 0 Å². The Balaban J connectivity index is 4.07. The summed E-state index contributed by atoms with van der Waals surface area (Å²) in [7, 11) is 0. The molecule has 0 bridgehead atoms. The lowest BCUT2D eigenvalue weighted by molar-refractivity contribution is -0.149. The molecule has 8 unspecified atom stereocenters. The smallest absolute Gasteiger partial charge is 0.251 e. The summed E-state index contributed by atoms with van der Waals surface area (Å²) < 4.78 is 0. The average Bonchev–Trinajstić information content (AvgIpc) is 2.78. The number of amides is 2. The van der Waals surface area contributed by atoms with Crippen molar-refractivity contribution in [3.05, 3.63) is 0 Å². The Morgan fingerprint density at radius 2 is 0.871 bits per heavy atom. The lowest BCUT2D eigenvalue weighted by Gasteiger charge is -2.25.